The van der Waals surface area contributed by atoms with Crippen LogP contribution in [0.2, 0.25) is 0 Å². The molecule has 0 spiro atoms. The van der Waals surface area contributed by atoms with Crippen molar-refractivity contribution in [1.82, 2.24) is 4.90 Å². The molecule has 1 atom stereocenters. The molecule has 0 aliphatic carbocycles. The molecule has 1 aromatic heterocycles. The molecule has 1 N–H and O–H groups in total. The smallest absolute Gasteiger partial charge is 0.317 e. The highest BCUT2D eigenvalue weighted by atomic mass is 79.9. The van der Waals surface area contributed by atoms with Crippen LogP contribution >= 0.6 is 27.3 Å². The number of rotatable bonds is 7. The second-order valence-electron chi connectivity index (χ2n) is 3.70. The maximum Gasteiger partial charge on any atom is 0.317 e. The van der Waals surface area contributed by atoms with Gasteiger partial charge in [0.1, 0.15) is 0 Å². The molecule has 6 heteroatoms. The summed E-state index contributed by atoms with van der Waals surface area (Å²) in [6.07, 6.45) is 0. The first-order valence-electron chi connectivity index (χ1n) is 5.23. The maximum atomic E-state index is 10.8. The molecule has 0 aliphatic rings. The standard InChI is InChI=1S/C11H16BrNO3S/c1-8(10-5-9(12)7-17-10)13(3-4-16-2)6-11(14)15/h5,7-8H,3-4,6H2,1-2H3,(H,14,15). The minimum atomic E-state index is -0.816. The first kappa shape index (κ1) is 14.6. The Labute approximate surface area is 113 Å². The van der Waals surface area contributed by atoms with Crippen molar-refractivity contribution in [3.05, 3.63) is 20.8 Å². The van der Waals surface area contributed by atoms with Crippen molar-refractivity contribution in [3.63, 3.8) is 0 Å². The van der Waals surface area contributed by atoms with E-state index in [1.54, 1.807) is 18.4 Å². The molecule has 1 unspecified atom stereocenters. The molecule has 0 saturated carbocycles. The zero-order chi connectivity index (χ0) is 12.8. The minimum absolute atomic E-state index is 0.0278. The number of halogens is 1. The van der Waals surface area contributed by atoms with Gasteiger partial charge in [0, 0.05) is 34.4 Å². The van der Waals surface area contributed by atoms with Crippen molar-refractivity contribution in [3.8, 4) is 0 Å². The molecule has 1 aromatic rings. The van der Waals surface area contributed by atoms with Crippen LogP contribution in [0.15, 0.2) is 15.9 Å². The van der Waals surface area contributed by atoms with Crippen LogP contribution in [0.4, 0.5) is 0 Å². The molecule has 0 aliphatic heterocycles. The number of nitrogens with zero attached hydrogens (tertiary/aromatic N) is 1. The number of carboxylic acid groups (broad SMARTS) is 1. The SMILES string of the molecule is COCCN(CC(=O)O)C(C)c1cc(Br)cs1. The lowest BCUT2D eigenvalue weighted by molar-refractivity contribution is -0.139. The predicted octanol–water partition coefficient (Wildman–Crippen LogP) is 2.60. The van der Waals surface area contributed by atoms with E-state index in [0.29, 0.717) is 13.2 Å². The number of hydrogen-bond donors (Lipinski definition) is 1. The second kappa shape index (κ2) is 7.10. The van der Waals surface area contributed by atoms with E-state index in [0.717, 1.165) is 9.35 Å². The van der Waals surface area contributed by atoms with Gasteiger partial charge in [-0.1, -0.05) is 0 Å². The number of carboxylic acids is 1. The molecule has 96 valence electrons. The summed E-state index contributed by atoms with van der Waals surface area (Å²) in [5.74, 6) is -0.816. The fourth-order valence-corrected chi connectivity index (χ4v) is 3.06. The Morgan fingerprint density at radius 1 is 1.71 bits per heavy atom. The van der Waals surface area contributed by atoms with Crippen molar-refractivity contribution in [1.29, 1.82) is 0 Å². The minimum Gasteiger partial charge on any atom is -0.480 e. The van der Waals surface area contributed by atoms with E-state index in [1.807, 2.05) is 23.3 Å². The van der Waals surface area contributed by atoms with Gasteiger partial charge in [-0.3, -0.25) is 9.69 Å². The summed E-state index contributed by atoms with van der Waals surface area (Å²) in [4.78, 5) is 13.9. The Morgan fingerprint density at radius 3 is 2.88 bits per heavy atom. The van der Waals surface area contributed by atoms with E-state index in [1.165, 1.54) is 0 Å². The fraction of sp³-hybridized carbons (Fsp3) is 0.545. The lowest BCUT2D eigenvalue weighted by Gasteiger charge is -2.26. The van der Waals surface area contributed by atoms with Crippen LogP contribution < -0.4 is 0 Å². The highest BCUT2D eigenvalue weighted by molar-refractivity contribution is 9.10. The van der Waals surface area contributed by atoms with E-state index in [9.17, 15) is 4.79 Å². The molecule has 0 amide bonds. The molecule has 1 rings (SSSR count). The van der Waals surface area contributed by atoms with Gasteiger partial charge in [-0.2, -0.15) is 0 Å². The third-order valence-corrected chi connectivity index (χ3v) is 4.33. The van der Waals surface area contributed by atoms with Gasteiger partial charge in [0.25, 0.3) is 0 Å². The molecule has 1 heterocycles. The Kier molecular flexibility index (Phi) is 6.11. The van der Waals surface area contributed by atoms with E-state index < -0.39 is 5.97 Å². The first-order chi connectivity index (χ1) is 8.04. The average Bonchev–Trinajstić information content (AvgIpc) is 2.69. The second-order valence-corrected chi connectivity index (χ2v) is 5.56. The van der Waals surface area contributed by atoms with Gasteiger partial charge in [-0.05, 0) is 28.9 Å². The lowest BCUT2D eigenvalue weighted by atomic mass is 10.2. The highest BCUT2D eigenvalue weighted by Crippen LogP contribution is 2.28. The molecule has 0 fully saturated rings. The molecule has 0 aromatic carbocycles. The number of hydrogen-bond acceptors (Lipinski definition) is 4. The summed E-state index contributed by atoms with van der Waals surface area (Å²) in [5, 5.41) is 10.9. The Bertz CT molecular complexity index is 369. The van der Waals surface area contributed by atoms with E-state index >= 15 is 0 Å². The zero-order valence-electron chi connectivity index (χ0n) is 9.85. The van der Waals surface area contributed by atoms with E-state index in [4.69, 9.17) is 9.84 Å². The van der Waals surface area contributed by atoms with Crippen LogP contribution in [0, 0.1) is 0 Å². The third kappa shape index (κ3) is 4.75. The quantitative estimate of drug-likeness (QED) is 0.838. The Morgan fingerprint density at radius 2 is 2.41 bits per heavy atom. The normalized spacial score (nSPS) is 12.9. The van der Waals surface area contributed by atoms with E-state index in [-0.39, 0.29) is 12.6 Å². The highest BCUT2D eigenvalue weighted by Gasteiger charge is 2.19. The van der Waals surface area contributed by atoms with Crippen LogP contribution in [0.25, 0.3) is 0 Å². The van der Waals surface area contributed by atoms with Gasteiger partial charge in [0.15, 0.2) is 0 Å². The molecule has 17 heavy (non-hydrogen) atoms. The number of methoxy groups -OCH3 is 1. The predicted molar refractivity (Wildman–Crippen MR) is 71.5 cm³/mol. The van der Waals surface area contributed by atoms with Crippen LogP contribution in [-0.4, -0.2) is 42.8 Å². The fourth-order valence-electron chi connectivity index (χ4n) is 1.52. The third-order valence-electron chi connectivity index (χ3n) is 2.47. The van der Waals surface area contributed by atoms with Crippen LogP contribution in [0.5, 0.6) is 0 Å². The molecular weight excluding hydrogens is 306 g/mol. The Hall–Kier alpha value is -0.430. The first-order valence-corrected chi connectivity index (χ1v) is 6.90. The number of ether oxygens (including phenoxy) is 1. The summed E-state index contributed by atoms with van der Waals surface area (Å²) in [7, 11) is 1.62. The summed E-state index contributed by atoms with van der Waals surface area (Å²) in [5.41, 5.74) is 0. The number of carbonyl (C=O) groups is 1. The van der Waals surface area contributed by atoms with Crippen molar-refractivity contribution < 1.29 is 14.6 Å². The van der Waals surface area contributed by atoms with Crippen molar-refractivity contribution in [2.24, 2.45) is 0 Å². The molecule has 0 saturated heterocycles. The summed E-state index contributed by atoms with van der Waals surface area (Å²) in [6.45, 7) is 3.18. The maximum absolute atomic E-state index is 10.8. The van der Waals surface area contributed by atoms with Gasteiger partial charge in [0.05, 0.1) is 13.2 Å². The summed E-state index contributed by atoms with van der Waals surface area (Å²) >= 11 is 5.03. The zero-order valence-corrected chi connectivity index (χ0v) is 12.3. The van der Waals surface area contributed by atoms with Gasteiger partial charge in [-0.15, -0.1) is 11.3 Å². The van der Waals surface area contributed by atoms with E-state index in [2.05, 4.69) is 15.9 Å². The number of aliphatic carboxylic acids is 1. The van der Waals surface area contributed by atoms with Gasteiger partial charge in [-0.25, -0.2) is 0 Å². The van der Waals surface area contributed by atoms with Crippen molar-refractivity contribution >= 4 is 33.2 Å². The summed E-state index contributed by atoms with van der Waals surface area (Å²) < 4.78 is 6.04. The molecule has 0 bridgehead atoms. The van der Waals surface area contributed by atoms with Crippen molar-refractivity contribution in [2.45, 2.75) is 13.0 Å². The average molecular weight is 322 g/mol. The molecule has 4 nitrogen and oxygen atoms in total. The van der Waals surface area contributed by atoms with Crippen LogP contribution in [-0.2, 0) is 9.53 Å². The van der Waals surface area contributed by atoms with Crippen LogP contribution in [0.3, 0.4) is 0 Å². The lowest BCUT2D eigenvalue weighted by Crippen LogP contribution is -2.34. The molecular formula is C11H16BrNO3S. The van der Waals surface area contributed by atoms with Gasteiger partial charge >= 0.3 is 5.97 Å². The van der Waals surface area contributed by atoms with Gasteiger partial charge < -0.3 is 9.84 Å². The summed E-state index contributed by atoms with van der Waals surface area (Å²) in [6, 6.07) is 2.11. The van der Waals surface area contributed by atoms with Gasteiger partial charge in [0.2, 0.25) is 0 Å². The largest absolute Gasteiger partial charge is 0.480 e. The topological polar surface area (TPSA) is 49.8 Å². The van der Waals surface area contributed by atoms with Crippen molar-refractivity contribution in [2.75, 3.05) is 26.8 Å². The monoisotopic (exact) mass is 321 g/mol. The number of thiophene rings is 1. The molecule has 0 radical (unpaired) electrons. The van der Waals surface area contributed by atoms with Crippen LogP contribution in [0.1, 0.15) is 17.8 Å². The Balaban J connectivity index is 2.70.